The molecule has 0 saturated heterocycles. The minimum Gasteiger partial charge on any atom is -0.475 e. The Kier molecular flexibility index (Phi) is 5.54. The maximum absolute atomic E-state index is 5.67. The average molecular weight is 266 g/mol. The van der Waals surface area contributed by atoms with Crippen molar-refractivity contribution in [2.24, 2.45) is 11.1 Å². The van der Waals surface area contributed by atoms with Crippen molar-refractivity contribution in [1.82, 2.24) is 9.97 Å². The fraction of sp³-hybridized carbons (Fsp3) is 0.714. The van der Waals surface area contributed by atoms with Gasteiger partial charge >= 0.3 is 0 Å². The number of nitrogens with zero attached hydrogens (tertiary/aromatic N) is 2. The highest BCUT2D eigenvalue weighted by Gasteiger charge is 2.24. The van der Waals surface area contributed by atoms with Crippen LogP contribution in [0.25, 0.3) is 0 Å². The van der Waals surface area contributed by atoms with E-state index in [0.29, 0.717) is 18.4 Å². The van der Waals surface area contributed by atoms with Crippen LogP contribution in [-0.2, 0) is 0 Å². The van der Waals surface area contributed by atoms with Gasteiger partial charge in [0.1, 0.15) is 0 Å². The molecular formula is C14H26N4O. The van der Waals surface area contributed by atoms with E-state index in [1.807, 2.05) is 13.8 Å². The van der Waals surface area contributed by atoms with Crippen LogP contribution in [0, 0.1) is 5.41 Å². The first-order valence-corrected chi connectivity index (χ1v) is 6.79. The molecule has 1 unspecified atom stereocenters. The van der Waals surface area contributed by atoms with Gasteiger partial charge in [0.15, 0.2) is 0 Å². The van der Waals surface area contributed by atoms with Gasteiger partial charge in [-0.25, -0.2) is 4.98 Å². The monoisotopic (exact) mass is 266 g/mol. The number of anilines is 1. The Morgan fingerprint density at radius 2 is 2.05 bits per heavy atom. The summed E-state index contributed by atoms with van der Waals surface area (Å²) < 4.78 is 5.57. The molecule has 0 aromatic carbocycles. The zero-order chi connectivity index (χ0) is 14.5. The van der Waals surface area contributed by atoms with Crippen LogP contribution in [0.1, 0.15) is 41.0 Å². The van der Waals surface area contributed by atoms with E-state index in [9.17, 15) is 0 Å². The Labute approximate surface area is 116 Å². The van der Waals surface area contributed by atoms with Gasteiger partial charge in [0, 0.05) is 18.3 Å². The van der Waals surface area contributed by atoms with Gasteiger partial charge in [-0.15, -0.1) is 0 Å². The maximum atomic E-state index is 5.67. The second-order valence-electron chi connectivity index (χ2n) is 6.03. The van der Waals surface area contributed by atoms with Crippen molar-refractivity contribution in [3.8, 4) is 5.88 Å². The lowest BCUT2D eigenvalue weighted by atomic mass is 9.85. The number of nitrogens with one attached hydrogen (secondary N) is 1. The van der Waals surface area contributed by atoms with E-state index < -0.39 is 0 Å². The molecule has 0 spiro atoms. The predicted octanol–water partition coefficient (Wildman–Crippen LogP) is 2.44. The SMILES string of the molecule is CC(C)Oc1ccnc(NC(CCN)C(C)(C)C)n1. The molecule has 0 saturated carbocycles. The van der Waals surface area contributed by atoms with Crippen LogP contribution in [0.3, 0.4) is 0 Å². The summed E-state index contributed by atoms with van der Waals surface area (Å²) in [6, 6.07) is 1.99. The van der Waals surface area contributed by atoms with Crippen LogP contribution in [-0.4, -0.2) is 28.7 Å². The summed E-state index contributed by atoms with van der Waals surface area (Å²) in [6.45, 7) is 11.1. The molecule has 108 valence electrons. The van der Waals surface area contributed by atoms with E-state index in [1.54, 1.807) is 12.3 Å². The van der Waals surface area contributed by atoms with Gasteiger partial charge in [0.25, 0.3) is 0 Å². The van der Waals surface area contributed by atoms with E-state index in [4.69, 9.17) is 10.5 Å². The van der Waals surface area contributed by atoms with Gasteiger partial charge in [-0.2, -0.15) is 4.98 Å². The van der Waals surface area contributed by atoms with Crippen molar-refractivity contribution in [2.45, 2.75) is 53.2 Å². The molecule has 5 heteroatoms. The van der Waals surface area contributed by atoms with Crippen LogP contribution in [0.2, 0.25) is 0 Å². The molecule has 3 N–H and O–H groups in total. The van der Waals surface area contributed by atoms with Crippen molar-refractivity contribution in [1.29, 1.82) is 0 Å². The third-order valence-electron chi connectivity index (χ3n) is 2.79. The van der Waals surface area contributed by atoms with Gasteiger partial charge in [-0.1, -0.05) is 20.8 Å². The summed E-state index contributed by atoms with van der Waals surface area (Å²) in [5, 5.41) is 3.35. The fourth-order valence-electron chi connectivity index (χ4n) is 1.76. The molecular weight excluding hydrogens is 240 g/mol. The Hall–Kier alpha value is -1.36. The van der Waals surface area contributed by atoms with Crippen LogP contribution in [0.15, 0.2) is 12.3 Å². The molecule has 5 nitrogen and oxygen atoms in total. The van der Waals surface area contributed by atoms with E-state index in [2.05, 4.69) is 36.1 Å². The lowest BCUT2D eigenvalue weighted by Gasteiger charge is -2.31. The molecule has 0 aliphatic rings. The largest absolute Gasteiger partial charge is 0.475 e. The fourth-order valence-corrected chi connectivity index (χ4v) is 1.76. The molecule has 1 aromatic rings. The number of aromatic nitrogens is 2. The first-order chi connectivity index (χ1) is 8.82. The lowest BCUT2D eigenvalue weighted by molar-refractivity contribution is 0.232. The minimum absolute atomic E-state index is 0.0949. The first kappa shape index (κ1) is 15.7. The second-order valence-corrected chi connectivity index (χ2v) is 6.03. The summed E-state index contributed by atoms with van der Waals surface area (Å²) >= 11 is 0. The van der Waals surface area contributed by atoms with Gasteiger partial charge in [0.2, 0.25) is 11.8 Å². The number of hydrogen-bond donors (Lipinski definition) is 2. The third kappa shape index (κ3) is 5.42. The summed E-state index contributed by atoms with van der Waals surface area (Å²) in [5.41, 5.74) is 5.76. The van der Waals surface area contributed by atoms with E-state index >= 15 is 0 Å². The average Bonchev–Trinajstić information content (AvgIpc) is 2.26. The Balaban J connectivity index is 2.79. The van der Waals surface area contributed by atoms with Crippen molar-refractivity contribution in [2.75, 3.05) is 11.9 Å². The van der Waals surface area contributed by atoms with Crippen molar-refractivity contribution in [3.63, 3.8) is 0 Å². The second kappa shape index (κ2) is 6.70. The zero-order valence-corrected chi connectivity index (χ0v) is 12.6. The van der Waals surface area contributed by atoms with E-state index in [0.717, 1.165) is 6.42 Å². The highest BCUT2D eigenvalue weighted by atomic mass is 16.5. The van der Waals surface area contributed by atoms with Gasteiger partial charge < -0.3 is 15.8 Å². The number of rotatable bonds is 6. The van der Waals surface area contributed by atoms with Crippen molar-refractivity contribution >= 4 is 5.95 Å². The van der Waals surface area contributed by atoms with Crippen LogP contribution >= 0.6 is 0 Å². The molecule has 0 radical (unpaired) electrons. The molecule has 19 heavy (non-hydrogen) atoms. The Bertz CT molecular complexity index is 387. The molecule has 1 aromatic heterocycles. The number of ether oxygens (including phenoxy) is 1. The summed E-state index contributed by atoms with van der Waals surface area (Å²) in [6.07, 6.45) is 2.68. The smallest absolute Gasteiger partial charge is 0.226 e. The highest BCUT2D eigenvalue weighted by Crippen LogP contribution is 2.24. The topological polar surface area (TPSA) is 73.1 Å². The quantitative estimate of drug-likeness (QED) is 0.827. The lowest BCUT2D eigenvalue weighted by Crippen LogP contribution is -2.36. The Morgan fingerprint density at radius 1 is 1.37 bits per heavy atom. The third-order valence-corrected chi connectivity index (χ3v) is 2.79. The number of nitrogens with two attached hydrogens (primary N) is 1. The molecule has 0 bridgehead atoms. The van der Waals surface area contributed by atoms with Crippen LogP contribution in [0.4, 0.5) is 5.95 Å². The normalized spacial score (nSPS) is 13.4. The predicted molar refractivity (Wildman–Crippen MR) is 78.3 cm³/mol. The summed E-state index contributed by atoms with van der Waals surface area (Å²) in [4.78, 5) is 8.60. The molecule has 0 fully saturated rings. The zero-order valence-electron chi connectivity index (χ0n) is 12.6. The molecule has 1 atom stereocenters. The molecule has 1 heterocycles. The number of hydrogen-bond acceptors (Lipinski definition) is 5. The first-order valence-electron chi connectivity index (χ1n) is 6.79. The Morgan fingerprint density at radius 3 is 2.58 bits per heavy atom. The molecule has 1 rings (SSSR count). The minimum atomic E-state index is 0.0949. The summed E-state index contributed by atoms with van der Waals surface area (Å²) in [7, 11) is 0. The maximum Gasteiger partial charge on any atom is 0.226 e. The van der Waals surface area contributed by atoms with Gasteiger partial charge in [-0.3, -0.25) is 0 Å². The van der Waals surface area contributed by atoms with Crippen molar-refractivity contribution in [3.05, 3.63) is 12.3 Å². The van der Waals surface area contributed by atoms with E-state index in [1.165, 1.54) is 0 Å². The molecule has 0 aliphatic carbocycles. The molecule has 0 aliphatic heterocycles. The van der Waals surface area contributed by atoms with Crippen LogP contribution < -0.4 is 15.8 Å². The van der Waals surface area contributed by atoms with E-state index in [-0.39, 0.29) is 17.6 Å². The summed E-state index contributed by atoms with van der Waals surface area (Å²) in [5.74, 6) is 1.18. The molecule has 0 amide bonds. The van der Waals surface area contributed by atoms with Crippen LogP contribution in [0.5, 0.6) is 5.88 Å². The van der Waals surface area contributed by atoms with Crippen molar-refractivity contribution < 1.29 is 4.74 Å². The highest BCUT2D eigenvalue weighted by molar-refractivity contribution is 5.29. The van der Waals surface area contributed by atoms with Gasteiger partial charge in [-0.05, 0) is 32.2 Å². The van der Waals surface area contributed by atoms with Gasteiger partial charge in [0.05, 0.1) is 6.10 Å². The standard InChI is InChI=1S/C14H26N4O/c1-10(2)19-12-7-9-16-13(18-12)17-11(6-8-15)14(3,4)5/h7,9-11H,6,8,15H2,1-5H3,(H,16,17,18).